The molecule has 19 heavy (non-hydrogen) atoms. The molecule has 0 N–H and O–H groups in total. The smallest absolute Gasteiger partial charge is 0.339 e. The number of likely N-dealkylation sites (tertiary alicyclic amines) is 1. The van der Waals surface area contributed by atoms with Gasteiger partial charge in [-0.05, 0) is 37.5 Å². The fourth-order valence-corrected chi connectivity index (χ4v) is 2.13. The first-order valence-corrected chi connectivity index (χ1v) is 6.05. The molecule has 0 bridgehead atoms. The maximum absolute atomic E-state index is 13.5. The minimum atomic E-state index is -4.58. The van der Waals surface area contributed by atoms with Crippen LogP contribution in [0.2, 0.25) is 0 Å². The Balaban J connectivity index is 2.30. The Morgan fingerprint density at radius 2 is 1.74 bits per heavy atom. The molecule has 2 rings (SSSR count). The van der Waals surface area contributed by atoms with Gasteiger partial charge in [-0.2, -0.15) is 13.2 Å². The molecular weight excluding hydrogens is 262 g/mol. The lowest BCUT2D eigenvalue weighted by molar-refractivity contribution is -0.137. The predicted octanol–water partition coefficient (Wildman–Crippen LogP) is 3.47. The van der Waals surface area contributed by atoms with Crippen LogP contribution >= 0.6 is 0 Å². The molecule has 0 aromatic heterocycles. The molecule has 1 aliphatic rings. The van der Waals surface area contributed by atoms with E-state index in [2.05, 4.69) is 0 Å². The number of rotatable bonds is 1. The van der Waals surface area contributed by atoms with Crippen LogP contribution in [0.25, 0.3) is 0 Å². The van der Waals surface area contributed by atoms with E-state index in [4.69, 9.17) is 0 Å². The molecule has 0 unspecified atom stereocenters. The van der Waals surface area contributed by atoms with E-state index >= 15 is 0 Å². The van der Waals surface area contributed by atoms with Crippen LogP contribution in [0.5, 0.6) is 0 Å². The first-order chi connectivity index (χ1) is 8.89. The van der Waals surface area contributed by atoms with Crippen molar-refractivity contribution in [3.05, 3.63) is 35.1 Å². The molecule has 1 amide bonds. The van der Waals surface area contributed by atoms with Crippen molar-refractivity contribution in [1.29, 1.82) is 0 Å². The zero-order valence-electron chi connectivity index (χ0n) is 10.1. The average molecular weight is 275 g/mol. The summed E-state index contributed by atoms with van der Waals surface area (Å²) >= 11 is 0. The molecule has 1 fully saturated rings. The first kappa shape index (κ1) is 13.8. The summed E-state index contributed by atoms with van der Waals surface area (Å²) in [4.78, 5) is 13.4. The minimum Gasteiger partial charge on any atom is -0.339 e. The van der Waals surface area contributed by atoms with E-state index in [9.17, 15) is 22.4 Å². The van der Waals surface area contributed by atoms with Crippen LogP contribution in [0.4, 0.5) is 17.6 Å². The highest BCUT2D eigenvalue weighted by Crippen LogP contribution is 2.30. The van der Waals surface area contributed by atoms with Gasteiger partial charge in [0, 0.05) is 13.1 Å². The summed E-state index contributed by atoms with van der Waals surface area (Å²) in [6, 6.07) is 1.93. The van der Waals surface area contributed by atoms with Gasteiger partial charge >= 0.3 is 6.18 Å². The van der Waals surface area contributed by atoms with Gasteiger partial charge in [0.25, 0.3) is 5.91 Å². The lowest BCUT2D eigenvalue weighted by Gasteiger charge is -2.27. The fourth-order valence-electron chi connectivity index (χ4n) is 2.13. The van der Waals surface area contributed by atoms with Gasteiger partial charge in [0.05, 0.1) is 11.1 Å². The number of carbonyl (C=O) groups excluding carboxylic acids is 1. The molecule has 0 radical (unpaired) electrons. The van der Waals surface area contributed by atoms with Gasteiger partial charge in [-0.15, -0.1) is 0 Å². The summed E-state index contributed by atoms with van der Waals surface area (Å²) in [5.74, 6) is -1.58. The Bertz CT molecular complexity index is 478. The highest BCUT2D eigenvalue weighted by atomic mass is 19.4. The standard InChI is InChI=1S/C13H13F4NO/c14-11-5-4-9(13(15,16)17)8-10(11)12(19)18-6-2-1-3-7-18/h4-5,8H,1-3,6-7H2. The molecule has 2 nitrogen and oxygen atoms in total. The largest absolute Gasteiger partial charge is 0.416 e. The molecule has 1 heterocycles. The second-order valence-corrected chi connectivity index (χ2v) is 4.55. The van der Waals surface area contributed by atoms with Crippen molar-refractivity contribution in [1.82, 2.24) is 4.90 Å². The number of alkyl halides is 3. The van der Waals surface area contributed by atoms with Crippen molar-refractivity contribution >= 4 is 5.91 Å². The van der Waals surface area contributed by atoms with E-state index in [1.54, 1.807) is 0 Å². The first-order valence-electron chi connectivity index (χ1n) is 6.05. The van der Waals surface area contributed by atoms with E-state index in [0.717, 1.165) is 19.3 Å². The molecule has 104 valence electrons. The van der Waals surface area contributed by atoms with Crippen molar-refractivity contribution in [2.45, 2.75) is 25.4 Å². The summed E-state index contributed by atoms with van der Waals surface area (Å²) in [6.07, 6.45) is -2.00. The average Bonchev–Trinajstić information content (AvgIpc) is 2.38. The van der Waals surface area contributed by atoms with Crippen molar-refractivity contribution in [3.8, 4) is 0 Å². The van der Waals surface area contributed by atoms with E-state index in [-0.39, 0.29) is 0 Å². The third kappa shape index (κ3) is 3.05. The van der Waals surface area contributed by atoms with Gasteiger partial charge in [-0.3, -0.25) is 4.79 Å². The Morgan fingerprint density at radius 1 is 1.11 bits per heavy atom. The monoisotopic (exact) mass is 275 g/mol. The third-order valence-corrected chi connectivity index (χ3v) is 3.17. The van der Waals surface area contributed by atoms with Crippen molar-refractivity contribution in [2.24, 2.45) is 0 Å². The minimum absolute atomic E-state index is 0.467. The lowest BCUT2D eigenvalue weighted by Crippen LogP contribution is -2.36. The highest BCUT2D eigenvalue weighted by Gasteiger charge is 2.32. The normalized spacial score (nSPS) is 16.5. The number of hydrogen-bond donors (Lipinski definition) is 0. The highest BCUT2D eigenvalue weighted by molar-refractivity contribution is 5.94. The Labute approximate surface area is 108 Å². The molecule has 1 aromatic rings. The maximum atomic E-state index is 13.5. The lowest BCUT2D eigenvalue weighted by atomic mass is 10.1. The van der Waals surface area contributed by atoms with Gasteiger partial charge in [0.2, 0.25) is 0 Å². The van der Waals surface area contributed by atoms with E-state index in [0.29, 0.717) is 31.3 Å². The number of amides is 1. The predicted molar refractivity (Wildman–Crippen MR) is 61.2 cm³/mol. The molecular formula is C13H13F4NO. The second kappa shape index (κ2) is 5.19. The molecule has 0 atom stereocenters. The maximum Gasteiger partial charge on any atom is 0.416 e. The zero-order chi connectivity index (χ0) is 14.0. The SMILES string of the molecule is O=C(c1cc(C(F)(F)F)ccc1F)N1CCCCC1. The van der Waals surface area contributed by atoms with E-state index < -0.39 is 29.0 Å². The Kier molecular flexibility index (Phi) is 3.78. The van der Waals surface area contributed by atoms with Gasteiger partial charge < -0.3 is 4.90 Å². The number of piperidine rings is 1. The van der Waals surface area contributed by atoms with Crippen molar-refractivity contribution in [2.75, 3.05) is 13.1 Å². The number of carbonyl (C=O) groups is 1. The summed E-state index contributed by atoms with van der Waals surface area (Å²) in [5.41, 5.74) is -1.51. The van der Waals surface area contributed by atoms with Gasteiger partial charge in [0.1, 0.15) is 5.82 Å². The number of halogens is 4. The summed E-state index contributed by atoms with van der Waals surface area (Å²) in [5, 5.41) is 0. The Morgan fingerprint density at radius 3 is 2.32 bits per heavy atom. The number of nitrogens with zero attached hydrogens (tertiary/aromatic N) is 1. The van der Waals surface area contributed by atoms with Gasteiger partial charge in [-0.25, -0.2) is 4.39 Å². The van der Waals surface area contributed by atoms with Crippen molar-refractivity contribution < 1.29 is 22.4 Å². The second-order valence-electron chi connectivity index (χ2n) is 4.55. The van der Waals surface area contributed by atoms with Gasteiger partial charge in [-0.1, -0.05) is 0 Å². The van der Waals surface area contributed by atoms with Crippen LogP contribution in [0.1, 0.15) is 35.2 Å². The van der Waals surface area contributed by atoms with Crippen LogP contribution in [-0.4, -0.2) is 23.9 Å². The quantitative estimate of drug-likeness (QED) is 0.719. The van der Waals surface area contributed by atoms with Crippen LogP contribution in [0.3, 0.4) is 0 Å². The molecule has 0 saturated carbocycles. The third-order valence-electron chi connectivity index (χ3n) is 3.17. The zero-order valence-corrected chi connectivity index (χ0v) is 10.1. The van der Waals surface area contributed by atoms with Crippen LogP contribution in [0, 0.1) is 5.82 Å². The Hall–Kier alpha value is -1.59. The van der Waals surface area contributed by atoms with Gasteiger partial charge in [0.15, 0.2) is 0 Å². The summed E-state index contributed by atoms with van der Waals surface area (Å²) < 4.78 is 51.2. The molecule has 6 heteroatoms. The van der Waals surface area contributed by atoms with Crippen molar-refractivity contribution in [3.63, 3.8) is 0 Å². The summed E-state index contributed by atoms with van der Waals surface area (Å²) in [6.45, 7) is 0.934. The molecule has 1 aromatic carbocycles. The van der Waals surface area contributed by atoms with Crippen LogP contribution in [-0.2, 0) is 6.18 Å². The topological polar surface area (TPSA) is 20.3 Å². The van der Waals surface area contributed by atoms with E-state index in [1.165, 1.54) is 4.90 Å². The fraction of sp³-hybridized carbons (Fsp3) is 0.462. The molecule has 1 aliphatic heterocycles. The van der Waals surface area contributed by atoms with Crippen LogP contribution in [0.15, 0.2) is 18.2 Å². The number of benzene rings is 1. The molecule has 0 spiro atoms. The summed E-state index contributed by atoms with van der Waals surface area (Å²) in [7, 11) is 0. The molecule has 1 saturated heterocycles. The number of hydrogen-bond acceptors (Lipinski definition) is 1. The van der Waals surface area contributed by atoms with Crippen LogP contribution < -0.4 is 0 Å². The molecule has 0 aliphatic carbocycles. The van der Waals surface area contributed by atoms with E-state index in [1.807, 2.05) is 0 Å².